The highest BCUT2D eigenvalue weighted by molar-refractivity contribution is 7.13. The molecule has 6 nitrogen and oxygen atoms in total. The molecule has 0 bridgehead atoms. The molecule has 0 radical (unpaired) electrons. The van der Waals surface area contributed by atoms with E-state index in [0.717, 1.165) is 24.6 Å². The summed E-state index contributed by atoms with van der Waals surface area (Å²) in [6, 6.07) is 0. The Balaban J connectivity index is 2.08. The van der Waals surface area contributed by atoms with Gasteiger partial charge in [0.2, 0.25) is 0 Å². The Morgan fingerprint density at radius 2 is 2.56 bits per heavy atom. The summed E-state index contributed by atoms with van der Waals surface area (Å²) in [4.78, 5) is 27.2. The van der Waals surface area contributed by atoms with Crippen molar-refractivity contribution in [3.63, 3.8) is 0 Å². The van der Waals surface area contributed by atoms with E-state index in [1.165, 1.54) is 11.3 Å². The summed E-state index contributed by atoms with van der Waals surface area (Å²) in [5.41, 5.74) is 0.121. The number of methoxy groups -OCH3 is 1. The molecule has 1 aromatic rings. The van der Waals surface area contributed by atoms with Gasteiger partial charge in [-0.1, -0.05) is 0 Å². The molecule has 2 rings (SSSR count). The lowest BCUT2D eigenvalue weighted by Gasteiger charge is -2.13. The molecule has 1 saturated heterocycles. The van der Waals surface area contributed by atoms with Crippen molar-refractivity contribution in [1.29, 1.82) is 0 Å². The van der Waals surface area contributed by atoms with Crippen LogP contribution in [0.15, 0.2) is 10.6 Å². The van der Waals surface area contributed by atoms with E-state index in [-0.39, 0.29) is 11.8 Å². The molecule has 1 amide bonds. The first-order chi connectivity index (χ1) is 7.74. The molecule has 0 N–H and O–H groups in total. The van der Waals surface area contributed by atoms with Gasteiger partial charge in [-0.25, -0.2) is 4.98 Å². The van der Waals surface area contributed by atoms with Crippen LogP contribution in [0.2, 0.25) is 0 Å². The highest BCUT2D eigenvalue weighted by Crippen LogP contribution is 2.25. The minimum Gasteiger partial charge on any atom is -0.380 e. The normalized spacial score (nSPS) is 20.1. The number of nitroso groups, excluding NO2 is 1. The molecule has 1 fully saturated rings. The van der Waals surface area contributed by atoms with Gasteiger partial charge in [0, 0.05) is 30.8 Å². The van der Waals surface area contributed by atoms with Crippen molar-refractivity contribution in [3.05, 3.63) is 16.0 Å². The lowest BCUT2D eigenvalue weighted by atomic mass is 10.3. The van der Waals surface area contributed by atoms with Gasteiger partial charge < -0.3 is 9.64 Å². The van der Waals surface area contributed by atoms with Gasteiger partial charge in [-0.3, -0.25) is 4.79 Å². The monoisotopic (exact) mass is 241 g/mol. The van der Waals surface area contributed by atoms with Crippen LogP contribution >= 0.6 is 11.3 Å². The predicted octanol–water partition coefficient (Wildman–Crippen LogP) is 1.27. The van der Waals surface area contributed by atoms with Gasteiger partial charge in [0.1, 0.15) is 5.69 Å². The lowest BCUT2D eigenvalue weighted by molar-refractivity contribution is 0.0997. The van der Waals surface area contributed by atoms with Gasteiger partial charge in [-0.05, 0) is 6.42 Å². The van der Waals surface area contributed by atoms with E-state index >= 15 is 0 Å². The summed E-state index contributed by atoms with van der Waals surface area (Å²) in [6.45, 7) is 1.63. The standard InChI is InChI=1S/C9H11N3O3S/c1-15-6-2-3-12(4-6)9-10-7(5-16-9)8(13)11-14/h5-6H,2-4H2,1H3/t6-/m1/s1. The number of ether oxygens (including phenoxy) is 1. The highest BCUT2D eigenvalue weighted by Gasteiger charge is 2.25. The van der Waals surface area contributed by atoms with E-state index in [4.69, 9.17) is 4.74 Å². The molecule has 1 aliphatic heterocycles. The van der Waals surface area contributed by atoms with Crippen LogP contribution in [0.4, 0.5) is 5.13 Å². The molecule has 0 spiro atoms. The van der Waals surface area contributed by atoms with E-state index < -0.39 is 5.91 Å². The maximum absolute atomic E-state index is 11.0. The average molecular weight is 241 g/mol. The third kappa shape index (κ3) is 2.10. The maximum Gasteiger partial charge on any atom is 0.335 e. The molecule has 2 heterocycles. The van der Waals surface area contributed by atoms with Crippen LogP contribution in [-0.4, -0.2) is 37.2 Å². The zero-order chi connectivity index (χ0) is 11.5. The molecule has 1 aromatic heterocycles. The number of hydrogen-bond acceptors (Lipinski definition) is 6. The van der Waals surface area contributed by atoms with Crippen LogP contribution in [0.1, 0.15) is 16.9 Å². The highest BCUT2D eigenvalue weighted by atomic mass is 32.1. The molecule has 0 unspecified atom stereocenters. The number of nitrogens with zero attached hydrogens (tertiary/aromatic N) is 3. The van der Waals surface area contributed by atoms with Crippen LogP contribution in [0.25, 0.3) is 0 Å². The first-order valence-electron chi connectivity index (χ1n) is 4.85. The van der Waals surface area contributed by atoms with Crippen molar-refractivity contribution in [2.75, 3.05) is 25.1 Å². The second kappa shape index (κ2) is 4.67. The first kappa shape index (κ1) is 11.2. The Kier molecular flexibility index (Phi) is 3.25. The minimum absolute atomic E-state index is 0.121. The molecule has 1 aliphatic rings. The number of amides is 1. The van der Waals surface area contributed by atoms with Crippen LogP contribution in [0.5, 0.6) is 0 Å². The number of carbonyl (C=O) groups is 1. The van der Waals surface area contributed by atoms with Crippen LogP contribution in [0, 0.1) is 4.91 Å². The Labute approximate surface area is 96.2 Å². The Morgan fingerprint density at radius 1 is 1.75 bits per heavy atom. The van der Waals surface area contributed by atoms with Crippen molar-refractivity contribution >= 4 is 22.4 Å². The zero-order valence-corrected chi connectivity index (χ0v) is 9.57. The van der Waals surface area contributed by atoms with Crippen molar-refractivity contribution in [2.24, 2.45) is 5.18 Å². The largest absolute Gasteiger partial charge is 0.380 e. The molecule has 0 saturated carbocycles. The van der Waals surface area contributed by atoms with Crippen molar-refractivity contribution < 1.29 is 9.53 Å². The number of carbonyl (C=O) groups excluding carboxylic acids is 1. The predicted molar refractivity (Wildman–Crippen MR) is 59.9 cm³/mol. The fourth-order valence-electron chi connectivity index (χ4n) is 1.65. The first-order valence-corrected chi connectivity index (χ1v) is 5.73. The zero-order valence-electron chi connectivity index (χ0n) is 8.75. The summed E-state index contributed by atoms with van der Waals surface area (Å²) < 4.78 is 5.24. The van der Waals surface area contributed by atoms with E-state index in [2.05, 4.69) is 10.2 Å². The van der Waals surface area contributed by atoms with E-state index in [0.29, 0.717) is 0 Å². The van der Waals surface area contributed by atoms with Crippen LogP contribution < -0.4 is 4.90 Å². The summed E-state index contributed by atoms with van der Waals surface area (Å²) in [5, 5.41) is 4.64. The van der Waals surface area contributed by atoms with Crippen LogP contribution in [-0.2, 0) is 4.74 Å². The van der Waals surface area contributed by atoms with Gasteiger partial charge in [0.25, 0.3) is 0 Å². The van der Waals surface area contributed by atoms with Gasteiger partial charge >= 0.3 is 5.91 Å². The number of rotatable bonds is 3. The van der Waals surface area contributed by atoms with Crippen molar-refractivity contribution in [2.45, 2.75) is 12.5 Å². The SMILES string of the molecule is CO[C@@H]1CCN(c2nc(C(=O)N=O)cs2)C1. The van der Waals surface area contributed by atoms with Crippen LogP contribution in [0.3, 0.4) is 0 Å². The number of anilines is 1. The summed E-state index contributed by atoms with van der Waals surface area (Å²) in [5.74, 6) is -0.815. The van der Waals surface area contributed by atoms with E-state index in [1.54, 1.807) is 12.5 Å². The molecular formula is C9H11N3O3S. The second-order valence-electron chi connectivity index (χ2n) is 3.50. The third-order valence-corrected chi connectivity index (χ3v) is 3.44. The Morgan fingerprint density at radius 3 is 3.19 bits per heavy atom. The number of aromatic nitrogens is 1. The molecular weight excluding hydrogens is 230 g/mol. The molecule has 0 aliphatic carbocycles. The van der Waals surface area contributed by atoms with Gasteiger partial charge in [0.05, 0.1) is 6.10 Å². The van der Waals surface area contributed by atoms with Crippen molar-refractivity contribution in [3.8, 4) is 0 Å². The fourth-order valence-corrected chi connectivity index (χ4v) is 2.49. The molecule has 1 atom stereocenters. The lowest BCUT2D eigenvalue weighted by Crippen LogP contribution is -2.22. The number of hydrogen-bond donors (Lipinski definition) is 0. The quantitative estimate of drug-likeness (QED) is 0.745. The Hall–Kier alpha value is -1.34. The number of thiazole rings is 1. The molecule has 86 valence electrons. The van der Waals surface area contributed by atoms with Gasteiger partial charge in [0.15, 0.2) is 5.13 Å². The molecule has 16 heavy (non-hydrogen) atoms. The second-order valence-corrected chi connectivity index (χ2v) is 4.34. The van der Waals surface area contributed by atoms with E-state index in [9.17, 15) is 9.70 Å². The third-order valence-electron chi connectivity index (χ3n) is 2.54. The smallest absolute Gasteiger partial charge is 0.335 e. The maximum atomic E-state index is 11.0. The summed E-state index contributed by atoms with van der Waals surface area (Å²) in [6.07, 6.45) is 1.16. The average Bonchev–Trinajstić information content (AvgIpc) is 2.95. The topological polar surface area (TPSA) is 71.9 Å². The fraction of sp³-hybridized carbons (Fsp3) is 0.556. The minimum atomic E-state index is -0.815. The van der Waals surface area contributed by atoms with Gasteiger partial charge in [-0.15, -0.1) is 16.2 Å². The van der Waals surface area contributed by atoms with E-state index in [1.807, 2.05) is 4.90 Å². The molecule has 7 heteroatoms. The Bertz CT molecular complexity index is 406. The summed E-state index contributed by atoms with van der Waals surface area (Å²) >= 11 is 1.34. The summed E-state index contributed by atoms with van der Waals surface area (Å²) in [7, 11) is 1.68. The molecule has 0 aromatic carbocycles. The van der Waals surface area contributed by atoms with Crippen molar-refractivity contribution in [1.82, 2.24) is 4.98 Å². The van der Waals surface area contributed by atoms with Gasteiger partial charge in [-0.2, -0.15) is 0 Å².